The fraction of sp³-hybridized carbons (Fsp3) is 0.545. The summed E-state index contributed by atoms with van der Waals surface area (Å²) < 4.78 is 0. The standard InChI is InChI=1S/C11H16N2O5/c12-9(15)8(14)5-13-10(16)6-3-1-2-4-7(6)11(17)18/h1-2,6-8,14H,3-5H2,(H2,12,15)(H,13,16)(H,17,18)/t6-,7+,8?/m1/s1. The van der Waals surface area contributed by atoms with E-state index in [0.29, 0.717) is 12.8 Å². The zero-order chi connectivity index (χ0) is 13.7. The molecular formula is C11H16N2O5. The highest BCUT2D eigenvalue weighted by Crippen LogP contribution is 2.25. The highest BCUT2D eigenvalue weighted by atomic mass is 16.4. The molecule has 0 heterocycles. The van der Waals surface area contributed by atoms with Crippen molar-refractivity contribution in [1.29, 1.82) is 0 Å². The molecule has 7 heteroatoms. The molecule has 1 unspecified atom stereocenters. The van der Waals surface area contributed by atoms with Crippen molar-refractivity contribution in [3.05, 3.63) is 12.2 Å². The number of nitrogens with one attached hydrogen (secondary N) is 1. The van der Waals surface area contributed by atoms with Crippen LogP contribution in [-0.2, 0) is 14.4 Å². The summed E-state index contributed by atoms with van der Waals surface area (Å²) in [6, 6.07) is 0. The van der Waals surface area contributed by atoms with E-state index in [2.05, 4.69) is 5.32 Å². The normalized spacial score (nSPS) is 24.3. The third-order valence-electron chi connectivity index (χ3n) is 2.88. The highest BCUT2D eigenvalue weighted by Gasteiger charge is 2.34. The number of amides is 2. The Bertz CT molecular complexity index is 380. The number of aliphatic hydroxyl groups excluding tert-OH is 1. The topological polar surface area (TPSA) is 130 Å². The molecule has 0 bridgehead atoms. The van der Waals surface area contributed by atoms with Crippen molar-refractivity contribution in [3.8, 4) is 0 Å². The smallest absolute Gasteiger partial charge is 0.307 e. The van der Waals surface area contributed by atoms with E-state index in [4.69, 9.17) is 15.9 Å². The van der Waals surface area contributed by atoms with Crippen molar-refractivity contribution < 1.29 is 24.6 Å². The van der Waals surface area contributed by atoms with Crippen LogP contribution >= 0.6 is 0 Å². The van der Waals surface area contributed by atoms with E-state index in [-0.39, 0.29) is 6.54 Å². The van der Waals surface area contributed by atoms with Crippen molar-refractivity contribution in [2.45, 2.75) is 18.9 Å². The Hall–Kier alpha value is -1.89. The molecule has 0 saturated heterocycles. The van der Waals surface area contributed by atoms with Crippen LogP contribution in [0.25, 0.3) is 0 Å². The van der Waals surface area contributed by atoms with E-state index in [1.165, 1.54) is 0 Å². The summed E-state index contributed by atoms with van der Waals surface area (Å²) in [6.45, 7) is -0.305. The average Bonchev–Trinajstić information content (AvgIpc) is 2.35. The summed E-state index contributed by atoms with van der Waals surface area (Å²) in [5, 5.41) is 20.4. The maximum atomic E-state index is 11.8. The molecule has 0 aromatic carbocycles. The molecule has 1 aliphatic carbocycles. The number of allylic oxidation sites excluding steroid dienone is 2. The van der Waals surface area contributed by atoms with Crippen LogP contribution in [0.15, 0.2) is 12.2 Å². The molecule has 5 N–H and O–H groups in total. The SMILES string of the molecule is NC(=O)C(O)CNC(=O)[C@@H]1CC=CC[C@@H]1C(=O)O. The third kappa shape index (κ3) is 3.56. The Kier molecular flexibility index (Phi) is 4.85. The Morgan fingerprint density at radius 2 is 1.83 bits per heavy atom. The van der Waals surface area contributed by atoms with Gasteiger partial charge >= 0.3 is 5.97 Å². The maximum absolute atomic E-state index is 11.8. The second-order valence-corrected chi connectivity index (χ2v) is 4.16. The molecule has 0 spiro atoms. The van der Waals surface area contributed by atoms with Crippen LogP contribution in [0.5, 0.6) is 0 Å². The molecule has 0 radical (unpaired) electrons. The Balaban J connectivity index is 2.57. The number of hydrogen-bond donors (Lipinski definition) is 4. The van der Waals surface area contributed by atoms with E-state index in [0.717, 1.165) is 0 Å². The van der Waals surface area contributed by atoms with E-state index in [1.807, 2.05) is 0 Å². The number of carbonyl (C=O) groups excluding carboxylic acids is 2. The van der Waals surface area contributed by atoms with Gasteiger partial charge in [0.25, 0.3) is 0 Å². The minimum Gasteiger partial charge on any atom is -0.481 e. The van der Waals surface area contributed by atoms with Gasteiger partial charge in [-0.25, -0.2) is 0 Å². The molecule has 0 fully saturated rings. The molecule has 100 valence electrons. The van der Waals surface area contributed by atoms with E-state index in [9.17, 15) is 14.4 Å². The first-order chi connectivity index (χ1) is 8.43. The summed E-state index contributed by atoms with van der Waals surface area (Å²) in [5.74, 6) is -3.93. The maximum Gasteiger partial charge on any atom is 0.307 e. The first-order valence-electron chi connectivity index (χ1n) is 5.56. The number of carboxylic acids is 1. The number of primary amides is 1. The Labute approximate surface area is 104 Å². The van der Waals surface area contributed by atoms with Gasteiger partial charge in [0.15, 0.2) is 0 Å². The first kappa shape index (κ1) is 14.2. The second-order valence-electron chi connectivity index (χ2n) is 4.16. The zero-order valence-electron chi connectivity index (χ0n) is 9.70. The zero-order valence-corrected chi connectivity index (χ0v) is 9.70. The van der Waals surface area contributed by atoms with Crippen LogP contribution in [-0.4, -0.2) is 40.6 Å². The fourth-order valence-electron chi connectivity index (χ4n) is 1.81. The monoisotopic (exact) mass is 256 g/mol. The summed E-state index contributed by atoms with van der Waals surface area (Å²) >= 11 is 0. The van der Waals surface area contributed by atoms with Crippen LogP contribution in [0, 0.1) is 11.8 Å². The number of aliphatic hydroxyl groups is 1. The molecule has 0 aliphatic heterocycles. The van der Waals surface area contributed by atoms with Crippen molar-refractivity contribution in [1.82, 2.24) is 5.32 Å². The van der Waals surface area contributed by atoms with E-state index < -0.39 is 35.7 Å². The second kappa shape index (κ2) is 6.15. The van der Waals surface area contributed by atoms with Gasteiger partial charge in [0.05, 0.1) is 18.4 Å². The molecular weight excluding hydrogens is 240 g/mol. The van der Waals surface area contributed by atoms with Crippen molar-refractivity contribution in [2.24, 2.45) is 17.6 Å². The quantitative estimate of drug-likeness (QED) is 0.450. The molecule has 0 aromatic rings. The molecule has 0 saturated carbocycles. The van der Waals surface area contributed by atoms with Gasteiger partial charge in [-0.05, 0) is 12.8 Å². The van der Waals surface area contributed by atoms with Gasteiger partial charge in [0, 0.05) is 0 Å². The van der Waals surface area contributed by atoms with Crippen LogP contribution in [0.4, 0.5) is 0 Å². The van der Waals surface area contributed by atoms with Crippen LogP contribution < -0.4 is 11.1 Å². The number of rotatable bonds is 5. The molecule has 0 aromatic heterocycles. The lowest BCUT2D eigenvalue weighted by Gasteiger charge is -2.24. The number of aliphatic carboxylic acids is 1. The van der Waals surface area contributed by atoms with E-state index >= 15 is 0 Å². The summed E-state index contributed by atoms with van der Waals surface area (Å²) in [6.07, 6.45) is 2.63. The fourth-order valence-corrected chi connectivity index (χ4v) is 1.81. The molecule has 3 atom stereocenters. The van der Waals surface area contributed by atoms with Crippen LogP contribution in [0.1, 0.15) is 12.8 Å². The summed E-state index contributed by atoms with van der Waals surface area (Å²) in [4.78, 5) is 33.3. The van der Waals surface area contributed by atoms with Crippen molar-refractivity contribution in [2.75, 3.05) is 6.54 Å². The Morgan fingerprint density at radius 3 is 2.33 bits per heavy atom. The first-order valence-corrected chi connectivity index (χ1v) is 5.56. The van der Waals surface area contributed by atoms with Gasteiger partial charge in [-0.3, -0.25) is 14.4 Å². The minimum atomic E-state index is -1.46. The number of hydrogen-bond acceptors (Lipinski definition) is 4. The van der Waals surface area contributed by atoms with Crippen molar-refractivity contribution in [3.63, 3.8) is 0 Å². The third-order valence-corrected chi connectivity index (χ3v) is 2.88. The van der Waals surface area contributed by atoms with Gasteiger partial charge in [-0.1, -0.05) is 12.2 Å². The van der Waals surface area contributed by atoms with E-state index in [1.54, 1.807) is 12.2 Å². The van der Waals surface area contributed by atoms with Gasteiger partial charge in [0.1, 0.15) is 6.10 Å². The molecule has 7 nitrogen and oxygen atoms in total. The highest BCUT2D eigenvalue weighted by molar-refractivity contribution is 5.86. The molecule has 1 aliphatic rings. The van der Waals surface area contributed by atoms with Crippen LogP contribution in [0.2, 0.25) is 0 Å². The number of carbonyl (C=O) groups is 3. The lowest BCUT2D eigenvalue weighted by atomic mass is 9.82. The van der Waals surface area contributed by atoms with Gasteiger partial charge in [0.2, 0.25) is 11.8 Å². The summed E-state index contributed by atoms with van der Waals surface area (Å²) in [7, 11) is 0. The molecule has 1 rings (SSSR count). The molecule has 2 amide bonds. The van der Waals surface area contributed by atoms with Crippen LogP contribution in [0.3, 0.4) is 0 Å². The lowest BCUT2D eigenvalue weighted by molar-refractivity contribution is -0.147. The van der Waals surface area contributed by atoms with Crippen molar-refractivity contribution >= 4 is 17.8 Å². The largest absolute Gasteiger partial charge is 0.481 e. The van der Waals surface area contributed by atoms with Gasteiger partial charge in [-0.2, -0.15) is 0 Å². The summed E-state index contributed by atoms with van der Waals surface area (Å²) in [5.41, 5.74) is 4.83. The van der Waals surface area contributed by atoms with Gasteiger partial charge in [-0.15, -0.1) is 0 Å². The van der Waals surface area contributed by atoms with Gasteiger partial charge < -0.3 is 21.3 Å². The predicted molar refractivity (Wildman–Crippen MR) is 61.2 cm³/mol. The predicted octanol–water partition coefficient (Wildman–Crippen LogP) is -1.38. The molecule has 18 heavy (non-hydrogen) atoms. The number of nitrogens with two attached hydrogens (primary N) is 1. The Morgan fingerprint density at radius 1 is 1.28 bits per heavy atom. The number of carboxylic acid groups (broad SMARTS) is 1. The average molecular weight is 256 g/mol. The lowest BCUT2D eigenvalue weighted by Crippen LogP contribution is -2.44. The minimum absolute atomic E-state index is 0.297.